The van der Waals surface area contributed by atoms with Crippen molar-refractivity contribution < 1.29 is 14.3 Å². The lowest BCUT2D eigenvalue weighted by molar-refractivity contribution is -0.138. The van der Waals surface area contributed by atoms with E-state index in [0.717, 1.165) is 24.2 Å². The van der Waals surface area contributed by atoms with Gasteiger partial charge in [0.15, 0.2) is 5.78 Å². The third kappa shape index (κ3) is 3.53. The molecular weight excluding hydrogens is 380 g/mol. The van der Waals surface area contributed by atoms with Crippen LogP contribution in [0.1, 0.15) is 32.3 Å². The van der Waals surface area contributed by atoms with Crippen molar-refractivity contribution in [3.8, 4) is 5.75 Å². The first kappa shape index (κ1) is 20.2. The summed E-state index contributed by atoms with van der Waals surface area (Å²) < 4.78 is 11.4. The van der Waals surface area contributed by atoms with E-state index in [-0.39, 0.29) is 23.2 Å². The van der Waals surface area contributed by atoms with Gasteiger partial charge in [-0.3, -0.25) is 4.79 Å². The van der Waals surface area contributed by atoms with E-state index in [9.17, 15) is 4.79 Å². The summed E-state index contributed by atoms with van der Waals surface area (Å²) in [6.45, 7) is 4.92. The Balaban J connectivity index is 1.48. The lowest BCUT2D eigenvalue weighted by atomic mass is 9.69. The summed E-state index contributed by atoms with van der Waals surface area (Å²) in [5.41, 5.74) is 0.537. The molecule has 29 heavy (non-hydrogen) atoms. The van der Waals surface area contributed by atoms with Crippen molar-refractivity contribution in [2.75, 3.05) is 7.11 Å². The fourth-order valence-electron chi connectivity index (χ4n) is 5.01. The first-order valence-corrected chi connectivity index (χ1v) is 11.0. The van der Waals surface area contributed by atoms with E-state index in [4.69, 9.17) is 9.47 Å². The number of Topliss-reactive ketones (excluding diaryl/α,β-unsaturated/α-hetero) is 1. The molecule has 3 nitrogen and oxygen atoms in total. The standard InChI is InChI=1S/C25H28O3S/c1-24(2)21-13-14-25(24,15-16-29-20-7-5-4-6-8-20)23(26)22(21)28-17-18-9-11-19(27-3)12-10-18/h4-12,15-16,21-22H,13-14,17H2,1-3H3/b16-15-/t21-,22-,25-/m1/s1. The van der Waals surface area contributed by atoms with Gasteiger partial charge < -0.3 is 9.47 Å². The number of fused-ring (bicyclic) bond motifs is 2. The van der Waals surface area contributed by atoms with Crippen molar-refractivity contribution >= 4 is 17.5 Å². The quantitative estimate of drug-likeness (QED) is 0.535. The van der Waals surface area contributed by atoms with Crippen molar-refractivity contribution in [1.29, 1.82) is 0 Å². The van der Waals surface area contributed by atoms with Gasteiger partial charge >= 0.3 is 0 Å². The normalized spacial score (nSPS) is 27.6. The largest absolute Gasteiger partial charge is 0.497 e. The highest BCUT2D eigenvalue weighted by molar-refractivity contribution is 8.02. The number of allylic oxidation sites excluding steroid dienone is 1. The predicted molar refractivity (Wildman–Crippen MR) is 117 cm³/mol. The molecule has 2 aromatic carbocycles. The highest BCUT2D eigenvalue weighted by atomic mass is 32.2. The van der Waals surface area contributed by atoms with Crippen LogP contribution in [-0.4, -0.2) is 19.0 Å². The Bertz CT molecular complexity index is 888. The minimum atomic E-state index is -0.427. The fourth-order valence-corrected chi connectivity index (χ4v) is 5.78. The van der Waals surface area contributed by atoms with Crippen molar-refractivity contribution in [1.82, 2.24) is 0 Å². The molecule has 2 bridgehead atoms. The van der Waals surface area contributed by atoms with E-state index in [1.807, 2.05) is 42.5 Å². The molecule has 0 unspecified atom stereocenters. The zero-order valence-electron chi connectivity index (χ0n) is 17.3. The molecule has 2 aliphatic rings. The summed E-state index contributed by atoms with van der Waals surface area (Å²) in [6.07, 6.45) is 3.78. The lowest BCUT2D eigenvalue weighted by Gasteiger charge is -2.33. The first-order chi connectivity index (χ1) is 14.0. The molecular formula is C25H28O3S. The molecule has 2 fully saturated rings. The molecule has 2 aromatic rings. The summed E-state index contributed by atoms with van der Waals surface area (Å²) in [6, 6.07) is 18.1. The second-order valence-corrected chi connectivity index (χ2v) is 9.50. The number of hydrogen-bond acceptors (Lipinski definition) is 4. The molecule has 0 N–H and O–H groups in total. The average Bonchev–Trinajstić information content (AvgIpc) is 3.08. The lowest BCUT2D eigenvalue weighted by Crippen LogP contribution is -2.37. The zero-order valence-corrected chi connectivity index (χ0v) is 18.1. The number of methoxy groups -OCH3 is 1. The van der Waals surface area contributed by atoms with Crippen molar-refractivity contribution in [3.05, 3.63) is 71.6 Å². The molecule has 0 amide bonds. The Labute approximate surface area is 177 Å². The summed E-state index contributed by atoms with van der Waals surface area (Å²) >= 11 is 1.67. The van der Waals surface area contributed by atoms with Crippen LogP contribution in [0.3, 0.4) is 0 Å². The van der Waals surface area contributed by atoms with Crippen LogP contribution in [0.4, 0.5) is 0 Å². The summed E-state index contributed by atoms with van der Waals surface area (Å²) in [4.78, 5) is 14.6. The van der Waals surface area contributed by atoms with Gasteiger partial charge in [0.2, 0.25) is 0 Å². The van der Waals surface area contributed by atoms with Crippen LogP contribution in [0.25, 0.3) is 0 Å². The van der Waals surface area contributed by atoms with Crippen LogP contribution in [0.15, 0.2) is 71.0 Å². The average molecular weight is 409 g/mol. The number of rotatable bonds is 7. The molecule has 0 aromatic heterocycles. The van der Waals surface area contributed by atoms with Gasteiger partial charge in [0, 0.05) is 4.90 Å². The fraction of sp³-hybridized carbons (Fsp3) is 0.400. The van der Waals surface area contributed by atoms with Gasteiger partial charge in [-0.1, -0.05) is 62.0 Å². The van der Waals surface area contributed by atoms with Gasteiger partial charge in [-0.05, 0) is 59.4 Å². The van der Waals surface area contributed by atoms with Crippen LogP contribution < -0.4 is 4.74 Å². The second-order valence-electron chi connectivity index (χ2n) is 8.52. The van der Waals surface area contributed by atoms with Crippen LogP contribution in [0.2, 0.25) is 0 Å². The molecule has 0 heterocycles. The highest BCUT2D eigenvalue weighted by Crippen LogP contribution is 2.65. The molecule has 3 atom stereocenters. The van der Waals surface area contributed by atoms with Gasteiger partial charge in [0.1, 0.15) is 11.9 Å². The Morgan fingerprint density at radius 3 is 2.52 bits per heavy atom. The molecule has 4 rings (SSSR count). The monoisotopic (exact) mass is 408 g/mol. The third-order valence-corrected chi connectivity index (χ3v) is 7.69. The Morgan fingerprint density at radius 2 is 1.83 bits per heavy atom. The van der Waals surface area contributed by atoms with Gasteiger partial charge in [-0.2, -0.15) is 0 Å². The number of thioether (sulfide) groups is 1. The van der Waals surface area contributed by atoms with Crippen LogP contribution in [-0.2, 0) is 16.1 Å². The maximum atomic E-state index is 13.5. The minimum Gasteiger partial charge on any atom is -0.497 e. The van der Waals surface area contributed by atoms with E-state index in [0.29, 0.717) is 6.61 Å². The van der Waals surface area contributed by atoms with Crippen molar-refractivity contribution in [2.45, 2.75) is 44.3 Å². The molecule has 0 aliphatic heterocycles. The molecule has 152 valence electrons. The smallest absolute Gasteiger partial charge is 0.172 e. The van der Waals surface area contributed by atoms with Crippen LogP contribution >= 0.6 is 11.8 Å². The SMILES string of the molecule is COc1ccc(CO[C@H]2C(=O)[C@]3(/C=C\Sc4ccccc4)CC[C@H]2C3(C)C)cc1. The number of carbonyl (C=O) groups is 1. The highest BCUT2D eigenvalue weighted by Gasteiger charge is 2.68. The number of hydrogen-bond donors (Lipinski definition) is 0. The molecule has 2 aliphatic carbocycles. The van der Waals surface area contributed by atoms with Gasteiger partial charge in [0.25, 0.3) is 0 Å². The van der Waals surface area contributed by atoms with E-state index in [2.05, 4.69) is 37.5 Å². The van der Waals surface area contributed by atoms with Crippen molar-refractivity contribution in [3.63, 3.8) is 0 Å². The van der Waals surface area contributed by atoms with E-state index in [1.165, 1.54) is 4.90 Å². The van der Waals surface area contributed by atoms with Crippen molar-refractivity contribution in [2.24, 2.45) is 16.7 Å². The minimum absolute atomic E-state index is 0.0948. The Morgan fingerprint density at radius 1 is 1.10 bits per heavy atom. The molecule has 0 spiro atoms. The van der Waals surface area contributed by atoms with E-state index >= 15 is 0 Å². The maximum Gasteiger partial charge on any atom is 0.172 e. The Kier molecular flexibility index (Phi) is 5.58. The molecule has 2 saturated carbocycles. The number of benzene rings is 2. The third-order valence-electron chi connectivity index (χ3n) is 6.88. The zero-order chi connectivity index (χ0) is 20.5. The number of ether oxygens (including phenoxy) is 2. The van der Waals surface area contributed by atoms with E-state index < -0.39 is 5.41 Å². The molecule has 0 radical (unpaired) electrons. The summed E-state index contributed by atoms with van der Waals surface area (Å²) in [5.74, 6) is 1.34. The molecule has 0 saturated heterocycles. The summed E-state index contributed by atoms with van der Waals surface area (Å²) in [5, 5.41) is 2.10. The summed E-state index contributed by atoms with van der Waals surface area (Å²) in [7, 11) is 1.66. The van der Waals surface area contributed by atoms with Gasteiger partial charge in [0.05, 0.1) is 19.1 Å². The number of carbonyl (C=O) groups excluding carboxylic acids is 1. The van der Waals surface area contributed by atoms with Gasteiger partial charge in [-0.25, -0.2) is 0 Å². The van der Waals surface area contributed by atoms with E-state index in [1.54, 1.807) is 18.9 Å². The maximum absolute atomic E-state index is 13.5. The molecule has 4 heteroatoms. The predicted octanol–water partition coefficient (Wildman–Crippen LogP) is 5.89. The Hall–Kier alpha value is -2.04. The number of ketones is 1. The van der Waals surface area contributed by atoms with Crippen LogP contribution in [0, 0.1) is 16.7 Å². The van der Waals surface area contributed by atoms with Gasteiger partial charge in [-0.15, -0.1) is 0 Å². The first-order valence-electron chi connectivity index (χ1n) is 10.2. The topological polar surface area (TPSA) is 35.5 Å². The van der Waals surface area contributed by atoms with Crippen LogP contribution in [0.5, 0.6) is 5.75 Å². The second kappa shape index (κ2) is 8.00.